The largest absolute Gasteiger partial charge is 0.494 e. The van der Waals surface area contributed by atoms with Gasteiger partial charge in [0.15, 0.2) is 0 Å². The molecule has 360 valence electrons. The maximum Gasteiger partial charge on any atom is 0.343 e. The van der Waals surface area contributed by atoms with Crippen LogP contribution in [0.2, 0.25) is 5.02 Å². The molecule has 0 aliphatic heterocycles. The van der Waals surface area contributed by atoms with E-state index in [0.717, 1.165) is 69.8 Å². The molecule has 0 spiro atoms. The van der Waals surface area contributed by atoms with E-state index in [-0.39, 0.29) is 10.8 Å². The molecule has 69 heavy (non-hydrogen) atoms. The summed E-state index contributed by atoms with van der Waals surface area (Å²) in [6.07, 6.45) is 13.2. The van der Waals surface area contributed by atoms with Crippen molar-refractivity contribution in [3.63, 3.8) is 0 Å². The van der Waals surface area contributed by atoms with Crippen molar-refractivity contribution in [3.8, 4) is 34.1 Å². The van der Waals surface area contributed by atoms with Gasteiger partial charge < -0.3 is 18.9 Å². The van der Waals surface area contributed by atoms with E-state index in [2.05, 4.69) is 51.5 Å². The fourth-order valence-electron chi connectivity index (χ4n) is 7.59. The van der Waals surface area contributed by atoms with Gasteiger partial charge in [0.2, 0.25) is 0 Å². The van der Waals surface area contributed by atoms with Crippen molar-refractivity contribution in [2.45, 2.75) is 92.9 Å². The third-order valence-electron chi connectivity index (χ3n) is 11.9. The van der Waals surface area contributed by atoms with Crippen molar-refractivity contribution < 1.29 is 28.5 Å². The zero-order valence-electron chi connectivity index (χ0n) is 41.0. The maximum atomic E-state index is 13.1. The van der Waals surface area contributed by atoms with Gasteiger partial charge >= 0.3 is 11.9 Å². The number of nitrogens with zero attached hydrogens (tertiary/aromatic N) is 2. The van der Waals surface area contributed by atoms with Crippen LogP contribution in [0.25, 0.3) is 11.1 Å². The number of carbonyl (C=O) groups is 2. The van der Waals surface area contributed by atoms with Gasteiger partial charge in [0.05, 0.1) is 40.7 Å². The minimum absolute atomic E-state index is 0.224. The van der Waals surface area contributed by atoms with Crippen LogP contribution >= 0.6 is 11.6 Å². The molecule has 2 unspecified atom stereocenters. The molecule has 0 bridgehead atoms. The quantitative estimate of drug-likeness (QED) is 0.0322. The smallest absolute Gasteiger partial charge is 0.343 e. The highest BCUT2D eigenvalue weighted by molar-refractivity contribution is 6.32. The van der Waals surface area contributed by atoms with Crippen molar-refractivity contribution in [1.29, 1.82) is 0 Å². The molecule has 0 heterocycles. The molecule has 6 aromatic rings. The van der Waals surface area contributed by atoms with Crippen LogP contribution in [0.4, 0.5) is 11.4 Å². The first-order valence-electron chi connectivity index (χ1n) is 24.4. The highest BCUT2D eigenvalue weighted by Crippen LogP contribution is 2.33. The second-order valence-corrected chi connectivity index (χ2v) is 19.2. The SMILES string of the molecule is CC(C)CCCC(C)CCOc1ccc(N=Cc2ccc(C(=O)Oc3cccc(-c4ccc(OC(=O)c5ccc(C=Nc6ccc(OCCC(C)CCCC(C)C)cc6)cc5)c(Cl)c4)c3)cc2)cc1. The van der Waals surface area contributed by atoms with E-state index in [0.29, 0.717) is 41.9 Å². The van der Waals surface area contributed by atoms with Crippen LogP contribution in [0.5, 0.6) is 23.0 Å². The molecule has 0 saturated heterocycles. The van der Waals surface area contributed by atoms with E-state index in [1.54, 1.807) is 73.1 Å². The van der Waals surface area contributed by atoms with Crippen molar-refractivity contribution in [2.75, 3.05) is 13.2 Å². The van der Waals surface area contributed by atoms with E-state index < -0.39 is 11.9 Å². The average molecular weight is 948 g/mol. The number of ether oxygens (including phenoxy) is 4. The number of rotatable bonds is 25. The van der Waals surface area contributed by atoms with Gasteiger partial charge in [-0.2, -0.15) is 0 Å². The topological polar surface area (TPSA) is 95.8 Å². The van der Waals surface area contributed by atoms with Gasteiger partial charge in [-0.3, -0.25) is 9.98 Å². The molecule has 6 rings (SSSR count). The molecule has 0 aliphatic rings. The molecule has 0 N–H and O–H groups in total. The molecular weight excluding hydrogens is 880 g/mol. The molecule has 0 aromatic heterocycles. The van der Waals surface area contributed by atoms with Gasteiger partial charge in [-0.1, -0.05) is 134 Å². The highest BCUT2D eigenvalue weighted by Gasteiger charge is 2.14. The lowest BCUT2D eigenvalue weighted by Crippen LogP contribution is -2.09. The molecule has 0 saturated carbocycles. The summed E-state index contributed by atoms with van der Waals surface area (Å²) in [5, 5.41) is 0.257. The first kappa shape index (κ1) is 51.9. The van der Waals surface area contributed by atoms with Gasteiger partial charge in [0.1, 0.15) is 23.0 Å². The monoisotopic (exact) mass is 946 g/mol. The van der Waals surface area contributed by atoms with Crippen molar-refractivity contribution >= 4 is 47.3 Å². The predicted octanol–water partition coefficient (Wildman–Crippen LogP) is 16.4. The van der Waals surface area contributed by atoms with Crippen LogP contribution in [0.3, 0.4) is 0 Å². The van der Waals surface area contributed by atoms with Crippen LogP contribution in [-0.2, 0) is 0 Å². The standard InChI is InChI=1S/C60H67ClN2O6/c1-42(2)10-7-12-44(5)34-36-66-54-29-25-52(26-30-54)62-40-46-16-20-48(21-17-46)59(64)68-56-15-9-14-50(38-56)51-24-33-58(57(61)39-51)69-60(65)49-22-18-47(19-23-49)41-63-53-27-31-55(32-28-53)67-37-35-45(6)13-8-11-43(3)4/h9,14-33,38-45H,7-8,10-13,34-37H2,1-6H3. The van der Waals surface area contributed by atoms with Crippen LogP contribution in [-0.4, -0.2) is 37.6 Å². The van der Waals surface area contributed by atoms with E-state index in [1.807, 2.05) is 78.9 Å². The summed E-state index contributed by atoms with van der Waals surface area (Å²) in [6.45, 7) is 15.1. The normalized spacial score (nSPS) is 12.4. The highest BCUT2D eigenvalue weighted by atomic mass is 35.5. The summed E-state index contributed by atoms with van der Waals surface area (Å²) >= 11 is 6.63. The number of hydrogen-bond donors (Lipinski definition) is 0. The first-order chi connectivity index (χ1) is 33.4. The minimum atomic E-state index is -0.540. The number of hydrogen-bond acceptors (Lipinski definition) is 8. The molecule has 0 amide bonds. The molecule has 2 atom stereocenters. The summed E-state index contributed by atoms with van der Waals surface area (Å²) in [5.41, 5.74) is 5.58. The number of benzene rings is 6. The number of halogens is 1. The lowest BCUT2D eigenvalue weighted by Gasteiger charge is -2.13. The maximum absolute atomic E-state index is 13.1. The molecular formula is C60H67ClN2O6. The Morgan fingerprint density at radius 2 is 0.957 bits per heavy atom. The predicted molar refractivity (Wildman–Crippen MR) is 283 cm³/mol. The second kappa shape index (κ2) is 26.9. The Labute approximate surface area is 414 Å². The lowest BCUT2D eigenvalue weighted by molar-refractivity contribution is 0.0725. The van der Waals surface area contributed by atoms with Gasteiger partial charge in [-0.15, -0.1) is 0 Å². The van der Waals surface area contributed by atoms with E-state index in [1.165, 1.54) is 38.5 Å². The average Bonchev–Trinajstić information content (AvgIpc) is 3.34. The Balaban J connectivity index is 0.937. The van der Waals surface area contributed by atoms with Crippen molar-refractivity contribution in [3.05, 3.63) is 167 Å². The fraction of sp³-hybridized carbons (Fsp3) is 0.333. The lowest BCUT2D eigenvalue weighted by atomic mass is 9.98. The van der Waals surface area contributed by atoms with Crippen LogP contribution in [0.1, 0.15) is 125 Å². The third-order valence-corrected chi connectivity index (χ3v) is 12.2. The Morgan fingerprint density at radius 1 is 0.493 bits per heavy atom. The minimum Gasteiger partial charge on any atom is -0.494 e. The van der Waals surface area contributed by atoms with E-state index >= 15 is 0 Å². The Kier molecular flexibility index (Phi) is 20.2. The number of aliphatic imine (C=N–C) groups is 2. The van der Waals surface area contributed by atoms with Gasteiger partial charge in [0, 0.05) is 12.4 Å². The number of esters is 2. The summed E-state index contributed by atoms with van der Waals surface area (Å²) in [7, 11) is 0. The van der Waals surface area contributed by atoms with Gasteiger partial charge in [0.25, 0.3) is 0 Å². The molecule has 0 radical (unpaired) electrons. The molecule has 0 aliphatic carbocycles. The summed E-state index contributed by atoms with van der Waals surface area (Å²) in [4.78, 5) is 35.4. The second-order valence-electron chi connectivity index (χ2n) is 18.8. The number of carbonyl (C=O) groups excluding carboxylic acids is 2. The van der Waals surface area contributed by atoms with E-state index in [4.69, 9.17) is 30.5 Å². The van der Waals surface area contributed by atoms with Crippen molar-refractivity contribution in [2.24, 2.45) is 33.7 Å². The molecule has 9 heteroatoms. The van der Waals surface area contributed by atoms with Crippen LogP contribution in [0, 0.1) is 23.7 Å². The molecule has 6 aromatic carbocycles. The van der Waals surface area contributed by atoms with Gasteiger partial charge in [-0.05, 0) is 156 Å². The first-order valence-corrected chi connectivity index (χ1v) is 24.8. The van der Waals surface area contributed by atoms with Crippen LogP contribution in [0.15, 0.2) is 150 Å². The zero-order valence-corrected chi connectivity index (χ0v) is 41.8. The Hall–Kier alpha value is -6.51. The summed E-state index contributed by atoms with van der Waals surface area (Å²) in [6, 6.07) is 41.9. The summed E-state index contributed by atoms with van der Waals surface area (Å²) < 4.78 is 23.4. The Bertz CT molecular complexity index is 2590. The van der Waals surface area contributed by atoms with Gasteiger partial charge in [-0.25, -0.2) is 9.59 Å². The third kappa shape index (κ3) is 17.8. The summed E-state index contributed by atoms with van der Waals surface area (Å²) in [5.74, 6) is 4.06. The van der Waals surface area contributed by atoms with E-state index in [9.17, 15) is 9.59 Å². The molecule has 0 fully saturated rings. The van der Waals surface area contributed by atoms with Crippen LogP contribution < -0.4 is 18.9 Å². The fourth-order valence-corrected chi connectivity index (χ4v) is 7.81. The zero-order chi connectivity index (χ0) is 49.0. The molecule has 8 nitrogen and oxygen atoms in total. The van der Waals surface area contributed by atoms with Crippen molar-refractivity contribution in [1.82, 2.24) is 0 Å². The Morgan fingerprint density at radius 3 is 1.42 bits per heavy atom.